The van der Waals surface area contributed by atoms with Gasteiger partial charge in [0, 0.05) is 0 Å². The van der Waals surface area contributed by atoms with E-state index < -0.39 is 43.5 Å². The highest BCUT2D eigenvalue weighted by atomic mass is 19.4. The summed E-state index contributed by atoms with van der Waals surface area (Å²) in [6.45, 7) is -1.68. The quantitative estimate of drug-likeness (QED) is 0.764. The fourth-order valence-corrected chi connectivity index (χ4v) is 0.801. The Bertz CT molecular complexity index is 349. The van der Waals surface area contributed by atoms with E-state index in [0.29, 0.717) is 0 Å². The van der Waals surface area contributed by atoms with Gasteiger partial charge in [0.15, 0.2) is 0 Å². The number of carbonyl (C=O) groups is 1. The molecule has 0 heterocycles. The number of carboxylic acids is 1. The van der Waals surface area contributed by atoms with E-state index in [1.165, 1.54) is 0 Å². The minimum Gasteiger partial charge on any atom is -0.481 e. The molecule has 0 aliphatic heterocycles. The predicted octanol–water partition coefficient (Wildman–Crippen LogP) is 2.84. The molecule has 0 spiro atoms. The zero-order chi connectivity index (χ0) is 16.4. The summed E-state index contributed by atoms with van der Waals surface area (Å²) in [5.74, 6) is -8.33. The van der Waals surface area contributed by atoms with E-state index in [-0.39, 0.29) is 0 Å². The lowest BCUT2D eigenvalue weighted by Crippen LogP contribution is -2.60. The van der Waals surface area contributed by atoms with Crippen molar-refractivity contribution < 1.29 is 58.9 Å². The van der Waals surface area contributed by atoms with Crippen molar-refractivity contribution in [1.29, 1.82) is 0 Å². The van der Waals surface area contributed by atoms with Crippen LogP contribution in [0.4, 0.5) is 39.5 Å². The summed E-state index contributed by atoms with van der Waals surface area (Å²) in [6.07, 6.45) is -20.6. The fraction of sp³-hybridized carbons (Fsp3) is 0.857. The van der Waals surface area contributed by atoms with E-state index in [1.54, 1.807) is 4.74 Å². The lowest BCUT2D eigenvalue weighted by atomic mass is 10.2. The van der Waals surface area contributed by atoms with Crippen LogP contribution in [0.2, 0.25) is 0 Å². The largest absolute Gasteiger partial charge is 0.525 e. The van der Waals surface area contributed by atoms with Crippen molar-refractivity contribution in [1.82, 2.24) is 0 Å². The van der Waals surface area contributed by atoms with Crippen LogP contribution in [0.15, 0.2) is 0 Å². The summed E-state index contributed by atoms with van der Waals surface area (Å²) >= 11 is 0. The topological polar surface area (TPSA) is 55.8 Å². The highest BCUT2D eigenvalue weighted by Crippen LogP contribution is 2.49. The molecule has 0 amide bonds. The average Bonchev–Trinajstić information content (AvgIpc) is 2.11. The number of aliphatic carboxylic acids is 1. The molecular formula is C7H5F9O4. The average molecular weight is 324 g/mol. The molecule has 0 aromatic heterocycles. The van der Waals surface area contributed by atoms with Crippen LogP contribution in [-0.4, -0.2) is 42.2 Å². The van der Waals surface area contributed by atoms with E-state index in [1.807, 2.05) is 0 Å². The summed E-state index contributed by atoms with van der Waals surface area (Å²) < 4.78 is 114. The van der Waals surface area contributed by atoms with Gasteiger partial charge in [0.05, 0.1) is 13.0 Å². The fourth-order valence-electron chi connectivity index (χ4n) is 0.801. The van der Waals surface area contributed by atoms with Crippen LogP contribution in [0.5, 0.6) is 0 Å². The van der Waals surface area contributed by atoms with Crippen molar-refractivity contribution in [3.8, 4) is 0 Å². The van der Waals surface area contributed by atoms with Crippen molar-refractivity contribution in [2.75, 3.05) is 6.61 Å². The summed E-state index contributed by atoms with van der Waals surface area (Å²) in [7, 11) is 0. The molecular weight excluding hydrogens is 319 g/mol. The first-order valence-corrected chi connectivity index (χ1v) is 4.38. The van der Waals surface area contributed by atoms with Gasteiger partial charge in [-0.2, -0.15) is 26.3 Å². The molecule has 4 nitrogen and oxygen atoms in total. The van der Waals surface area contributed by atoms with Crippen molar-refractivity contribution in [2.24, 2.45) is 0 Å². The standard InChI is InChI=1S/C7H5F9O4/c8-4(5(9,10)11,20-7(14,15)16)6(12,13)19-2-1-3(17)18/h1-2H2,(H,17,18). The van der Waals surface area contributed by atoms with Crippen LogP contribution >= 0.6 is 0 Å². The van der Waals surface area contributed by atoms with Crippen LogP contribution in [-0.2, 0) is 14.3 Å². The lowest BCUT2D eigenvalue weighted by molar-refractivity contribution is -0.519. The molecule has 1 atom stereocenters. The van der Waals surface area contributed by atoms with Crippen LogP contribution in [0.3, 0.4) is 0 Å². The molecule has 1 unspecified atom stereocenters. The molecule has 0 aromatic rings. The van der Waals surface area contributed by atoms with E-state index >= 15 is 0 Å². The molecule has 13 heteroatoms. The SMILES string of the molecule is O=C(O)CCOC(F)(F)C(F)(OC(F)(F)F)C(F)(F)F. The van der Waals surface area contributed by atoms with Gasteiger partial charge in [0.2, 0.25) is 0 Å². The first-order chi connectivity index (χ1) is 8.62. The van der Waals surface area contributed by atoms with Gasteiger partial charge in [-0.3, -0.25) is 4.79 Å². The third kappa shape index (κ3) is 4.70. The molecule has 120 valence electrons. The van der Waals surface area contributed by atoms with Gasteiger partial charge >= 0.3 is 30.5 Å². The molecule has 1 N–H and O–H groups in total. The Labute approximate surface area is 104 Å². The third-order valence-electron chi connectivity index (χ3n) is 1.59. The number of ether oxygens (including phenoxy) is 2. The Kier molecular flexibility index (Phi) is 5.28. The minimum atomic E-state index is -6.80. The Morgan fingerprint density at radius 1 is 0.950 bits per heavy atom. The zero-order valence-electron chi connectivity index (χ0n) is 8.99. The summed E-state index contributed by atoms with van der Waals surface area (Å²) in [5.41, 5.74) is 0. The number of carboxylic acid groups (broad SMARTS) is 1. The van der Waals surface area contributed by atoms with Crippen molar-refractivity contribution in [3.63, 3.8) is 0 Å². The first-order valence-electron chi connectivity index (χ1n) is 4.38. The summed E-state index contributed by atoms with van der Waals surface area (Å²) in [4.78, 5) is 9.91. The van der Waals surface area contributed by atoms with Gasteiger partial charge < -0.3 is 9.84 Å². The molecule has 0 rings (SSSR count). The highest BCUT2D eigenvalue weighted by Gasteiger charge is 2.77. The number of hydrogen-bond acceptors (Lipinski definition) is 3. The van der Waals surface area contributed by atoms with Crippen LogP contribution < -0.4 is 0 Å². The maximum Gasteiger partial charge on any atom is 0.525 e. The van der Waals surface area contributed by atoms with Gasteiger partial charge in [-0.25, -0.2) is 4.74 Å². The molecule has 0 bridgehead atoms. The third-order valence-corrected chi connectivity index (χ3v) is 1.59. The van der Waals surface area contributed by atoms with Crippen molar-refractivity contribution in [2.45, 2.75) is 30.9 Å². The molecule has 0 saturated heterocycles. The van der Waals surface area contributed by atoms with E-state index in [2.05, 4.69) is 4.74 Å². The van der Waals surface area contributed by atoms with Crippen LogP contribution in [0.1, 0.15) is 6.42 Å². The maximum atomic E-state index is 13.0. The number of alkyl halides is 9. The Morgan fingerprint density at radius 2 is 1.40 bits per heavy atom. The molecule has 0 fully saturated rings. The summed E-state index contributed by atoms with van der Waals surface area (Å²) in [6, 6.07) is 0. The van der Waals surface area contributed by atoms with Gasteiger partial charge in [-0.1, -0.05) is 0 Å². The molecule has 20 heavy (non-hydrogen) atoms. The molecule has 0 aliphatic carbocycles. The van der Waals surface area contributed by atoms with E-state index in [0.717, 1.165) is 0 Å². The molecule has 0 radical (unpaired) electrons. The molecule has 0 saturated carbocycles. The lowest BCUT2D eigenvalue weighted by Gasteiger charge is -2.33. The first kappa shape index (κ1) is 18.8. The second kappa shape index (κ2) is 5.63. The second-order valence-electron chi connectivity index (χ2n) is 3.15. The van der Waals surface area contributed by atoms with Gasteiger partial charge in [0.1, 0.15) is 0 Å². The number of halogens is 9. The summed E-state index contributed by atoms with van der Waals surface area (Å²) in [5, 5.41) is 8.01. The van der Waals surface area contributed by atoms with E-state index in [9.17, 15) is 44.3 Å². The van der Waals surface area contributed by atoms with Crippen molar-refractivity contribution in [3.05, 3.63) is 0 Å². The normalized spacial score (nSPS) is 16.9. The maximum absolute atomic E-state index is 13.0. The molecule has 0 aliphatic rings. The Balaban J connectivity index is 5.25. The smallest absolute Gasteiger partial charge is 0.481 e. The van der Waals surface area contributed by atoms with Gasteiger partial charge in [-0.05, 0) is 0 Å². The van der Waals surface area contributed by atoms with Crippen molar-refractivity contribution >= 4 is 5.97 Å². The van der Waals surface area contributed by atoms with Gasteiger partial charge in [-0.15, -0.1) is 13.2 Å². The minimum absolute atomic E-state index is 1.30. The van der Waals surface area contributed by atoms with Crippen LogP contribution in [0.25, 0.3) is 0 Å². The van der Waals surface area contributed by atoms with E-state index in [4.69, 9.17) is 5.11 Å². The van der Waals surface area contributed by atoms with Gasteiger partial charge in [0.25, 0.3) is 0 Å². The molecule has 0 aromatic carbocycles. The Hall–Kier alpha value is -1.24. The predicted molar refractivity (Wildman–Crippen MR) is 40.2 cm³/mol. The Morgan fingerprint density at radius 3 is 1.70 bits per heavy atom. The monoisotopic (exact) mass is 324 g/mol. The number of rotatable bonds is 6. The van der Waals surface area contributed by atoms with Crippen LogP contribution in [0, 0.1) is 0 Å². The second-order valence-corrected chi connectivity index (χ2v) is 3.15. The number of hydrogen-bond donors (Lipinski definition) is 1. The highest BCUT2D eigenvalue weighted by molar-refractivity contribution is 5.66. The zero-order valence-corrected chi connectivity index (χ0v) is 8.99.